The van der Waals surface area contributed by atoms with E-state index in [1.54, 1.807) is 30.3 Å². The van der Waals surface area contributed by atoms with Crippen molar-refractivity contribution >= 4 is 22.5 Å². The van der Waals surface area contributed by atoms with Gasteiger partial charge in [0.15, 0.2) is 5.76 Å². The Morgan fingerprint density at radius 2 is 1.55 bits per heavy atom. The van der Waals surface area contributed by atoms with Crippen molar-refractivity contribution in [3.8, 4) is 34.0 Å². The van der Waals surface area contributed by atoms with Gasteiger partial charge in [0.05, 0.1) is 28.1 Å². The van der Waals surface area contributed by atoms with Crippen molar-refractivity contribution in [3.05, 3.63) is 95.2 Å². The molecule has 212 valence electrons. The van der Waals surface area contributed by atoms with Gasteiger partial charge in [-0.15, -0.1) is 5.10 Å². The van der Waals surface area contributed by atoms with Crippen molar-refractivity contribution in [1.82, 2.24) is 35.1 Å². The summed E-state index contributed by atoms with van der Waals surface area (Å²) < 4.78 is 87.9. The van der Waals surface area contributed by atoms with Crippen LogP contribution in [0.1, 0.15) is 16.7 Å². The average Bonchev–Trinajstić information content (AvgIpc) is 3.57. The van der Waals surface area contributed by atoms with E-state index in [2.05, 4.69) is 30.4 Å². The highest BCUT2D eigenvalue weighted by Crippen LogP contribution is 2.41. The van der Waals surface area contributed by atoms with E-state index in [9.17, 15) is 26.3 Å². The van der Waals surface area contributed by atoms with E-state index in [-0.39, 0.29) is 34.5 Å². The lowest BCUT2D eigenvalue weighted by Crippen LogP contribution is -2.13. The number of hydrogen-bond donors (Lipinski definition) is 0. The molecule has 0 amide bonds. The summed E-state index contributed by atoms with van der Waals surface area (Å²) in [7, 11) is 0. The minimum absolute atomic E-state index is 0.0645. The van der Waals surface area contributed by atoms with Gasteiger partial charge in [-0.2, -0.15) is 26.3 Å². The smallest absolute Gasteiger partial charge is 0.355 e. The second kappa shape index (κ2) is 10.2. The fourth-order valence-electron chi connectivity index (χ4n) is 4.47. The number of fused-ring (bicyclic) bond motifs is 1. The number of alkyl halides is 6. The SMILES string of the molecule is FC(F)(F)c1cc(Cn2nnc(-c3nccc4noc(-c5ccccc5Cl)c34)c2-c2cncnc2)cc(C(F)(F)F)c1. The van der Waals surface area contributed by atoms with Gasteiger partial charge in [0.25, 0.3) is 0 Å². The molecular formula is C27H14ClF6N7O. The molecule has 2 aromatic carbocycles. The van der Waals surface area contributed by atoms with E-state index in [0.29, 0.717) is 39.2 Å². The van der Waals surface area contributed by atoms with E-state index in [1.165, 1.54) is 24.9 Å². The molecule has 4 aromatic heterocycles. The van der Waals surface area contributed by atoms with Crippen LogP contribution in [0.25, 0.3) is 44.9 Å². The molecule has 0 bridgehead atoms. The van der Waals surface area contributed by atoms with Crippen molar-refractivity contribution < 1.29 is 30.9 Å². The number of rotatable bonds is 5. The van der Waals surface area contributed by atoms with Gasteiger partial charge in [0, 0.05) is 29.7 Å². The van der Waals surface area contributed by atoms with Crippen molar-refractivity contribution in [1.29, 1.82) is 0 Å². The molecule has 0 aliphatic rings. The van der Waals surface area contributed by atoms with Crippen LogP contribution in [0.5, 0.6) is 0 Å². The largest absolute Gasteiger partial charge is 0.416 e. The highest BCUT2D eigenvalue weighted by molar-refractivity contribution is 6.33. The second-order valence-electron chi connectivity index (χ2n) is 9.03. The first kappa shape index (κ1) is 27.3. The topological polar surface area (TPSA) is 95.4 Å². The molecule has 0 atom stereocenters. The summed E-state index contributed by atoms with van der Waals surface area (Å²) in [5.41, 5.74) is -1.41. The average molecular weight is 602 g/mol. The summed E-state index contributed by atoms with van der Waals surface area (Å²) in [6.07, 6.45) is -4.51. The van der Waals surface area contributed by atoms with E-state index in [0.717, 1.165) is 4.68 Å². The molecule has 0 radical (unpaired) electrons. The van der Waals surface area contributed by atoms with Gasteiger partial charge in [-0.3, -0.25) is 4.98 Å². The fraction of sp³-hybridized carbons (Fsp3) is 0.111. The summed E-state index contributed by atoms with van der Waals surface area (Å²) in [6.45, 7) is -0.499. The van der Waals surface area contributed by atoms with E-state index in [1.807, 2.05) is 0 Å². The Kier molecular flexibility index (Phi) is 6.64. The molecule has 0 saturated carbocycles. The Morgan fingerprint density at radius 3 is 2.21 bits per heavy atom. The van der Waals surface area contributed by atoms with Crippen LogP contribution in [0.2, 0.25) is 5.02 Å². The van der Waals surface area contributed by atoms with Crippen molar-refractivity contribution in [2.45, 2.75) is 18.9 Å². The van der Waals surface area contributed by atoms with E-state index in [4.69, 9.17) is 16.1 Å². The third kappa shape index (κ3) is 5.04. The van der Waals surface area contributed by atoms with E-state index >= 15 is 0 Å². The lowest BCUT2D eigenvalue weighted by atomic mass is 10.0. The van der Waals surface area contributed by atoms with Gasteiger partial charge in [-0.05, 0) is 42.0 Å². The molecule has 0 spiro atoms. The minimum Gasteiger partial charge on any atom is -0.355 e. The third-order valence-corrected chi connectivity index (χ3v) is 6.61. The Balaban J connectivity index is 1.55. The molecule has 0 aliphatic heterocycles. The normalized spacial score (nSPS) is 12.3. The van der Waals surface area contributed by atoms with Crippen LogP contribution in [0.3, 0.4) is 0 Å². The molecule has 4 heterocycles. The lowest BCUT2D eigenvalue weighted by Gasteiger charge is -2.15. The van der Waals surface area contributed by atoms with Gasteiger partial charge < -0.3 is 4.52 Å². The van der Waals surface area contributed by atoms with Crippen LogP contribution in [-0.4, -0.2) is 35.1 Å². The molecular weight excluding hydrogens is 588 g/mol. The van der Waals surface area contributed by atoms with Gasteiger partial charge in [-0.25, -0.2) is 14.6 Å². The predicted octanol–water partition coefficient (Wildman–Crippen LogP) is 7.34. The van der Waals surface area contributed by atoms with Crippen LogP contribution in [0, 0.1) is 0 Å². The Hall–Kier alpha value is -4.85. The highest BCUT2D eigenvalue weighted by Gasteiger charge is 2.37. The van der Waals surface area contributed by atoms with Crippen molar-refractivity contribution in [3.63, 3.8) is 0 Å². The molecule has 15 heteroatoms. The first-order valence-electron chi connectivity index (χ1n) is 12.0. The summed E-state index contributed by atoms with van der Waals surface area (Å²) in [5, 5.41) is 13.2. The number of hydrogen-bond acceptors (Lipinski definition) is 7. The Bertz CT molecular complexity index is 1890. The van der Waals surface area contributed by atoms with Gasteiger partial charge in [-0.1, -0.05) is 34.1 Å². The van der Waals surface area contributed by atoms with Crippen molar-refractivity contribution in [2.75, 3.05) is 0 Å². The summed E-state index contributed by atoms with van der Waals surface area (Å²) >= 11 is 6.41. The number of halogens is 7. The zero-order valence-electron chi connectivity index (χ0n) is 20.8. The monoisotopic (exact) mass is 601 g/mol. The van der Waals surface area contributed by atoms with Crippen LogP contribution in [0.4, 0.5) is 26.3 Å². The first-order chi connectivity index (χ1) is 20.0. The molecule has 8 nitrogen and oxygen atoms in total. The van der Waals surface area contributed by atoms with Gasteiger partial charge in [0.2, 0.25) is 0 Å². The summed E-state index contributed by atoms with van der Waals surface area (Å²) in [5.74, 6) is 0.274. The van der Waals surface area contributed by atoms with Gasteiger partial charge in [0.1, 0.15) is 28.9 Å². The molecule has 0 saturated heterocycles. The standard InChI is InChI=1S/C27H14ClF6N7O/c28-19-4-2-1-3-18(19)25-21-20(39-42-25)5-6-37-22(21)23-24(15-10-35-13-36-11-15)41(40-38-23)12-14-7-16(26(29,30)31)9-17(8-14)27(32,33)34/h1-11,13H,12H2. The van der Waals surface area contributed by atoms with Crippen LogP contribution in [0.15, 0.2) is 78.0 Å². The first-order valence-corrected chi connectivity index (χ1v) is 12.4. The Labute approximate surface area is 236 Å². The van der Waals surface area contributed by atoms with E-state index < -0.39 is 30.0 Å². The zero-order chi connectivity index (χ0) is 29.6. The molecule has 42 heavy (non-hydrogen) atoms. The fourth-order valence-corrected chi connectivity index (χ4v) is 4.70. The van der Waals surface area contributed by atoms with Crippen LogP contribution < -0.4 is 0 Å². The Morgan fingerprint density at radius 1 is 0.857 bits per heavy atom. The quantitative estimate of drug-likeness (QED) is 0.191. The maximum absolute atomic E-state index is 13.5. The van der Waals surface area contributed by atoms with Crippen molar-refractivity contribution in [2.24, 2.45) is 0 Å². The molecule has 0 unspecified atom stereocenters. The minimum atomic E-state index is -5.01. The molecule has 6 rings (SSSR count). The predicted molar refractivity (Wildman–Crippen MR) is 138 cm³/mol. The second-order valence-corrected chi connectivity index (χ2v) is 9.44. The van der Waals surface area contributed by atoms with Gasteiger partial charge >= 0.3 is 12.4 Å². The molecule has 0 N–H and O–H groups in total. The number of pyridine rings is 1. The van der Waals surface area contributed by atoms with Crippen LogP contribution in [-0.2, 0) is 18.9 Å². The maximum Gasteiger partial charge on any atom is 0.416 e. The molecule has 6 aromatic rings. The third-order valence-electron chi connectivity index (χ3n) is 6.28. The zero-order valence-corrected chi connectivity index (χ0v) is 21.6. The molecule has 0 aliphatic carbocycles. The summed E-state index contributed by atoms with van der Waals surface area (Å²) in [6, 6.07) is 9.79. The number of nitrogens with zero attached hydrogens (tertiary/aromatic N) is 7. The maximum atomic E-state index is 13.5. The lowest BCUT2D eigenvalue weighted by molar-refractivity contribution is -0.143. The van der Waals surface area contributed by atoms with Crippen LogP contribution >= 0.6 is 11.6 Å². The number of benzene rings is 2. The summed E-state index contributed by atoms with van der Waals surface area (Å²) in [4.78, 5) is 12.5. The molecule has 0 fully saturated rings. The highest BCUT2D eigenvalue weighted by atomic mass is 35.5. The number of aromatic nitrogens is 7.